The van der Waals surface area contributed by atoms with E-state index in [1.54, 1.807) is 0 Å². The van der Waals surface area contributed by atoms with E-state index in [0.717, 1.165) is 45.1 Å². The van der Waals surface area contributed by atoms with Crippen molar-refractivity contribution < 1.29 is 18.6 Å². The van der Waals surface area contributed by atoms with Gasteiger partial charge >= 0.3 is 0 Å². The topological polar surface area (TPSA) is 36.9 Å². The minimum absolute atomic E-state index is 0.0541. The maximum Gasteiger partial charge on any atom is 0.261 e. The van der Waals surface area contributed by atoms with E-state index in [-0.39, 0.29) is 34.5 Å². The quantitative estimate of drug-likeness (QED) is 0.113. The van der Waals surface area contributed by atoms with Crippen LogP contribution in [-0.2, 0) is 18.6 Å². The van der Waals surface area contributed by atoms with Crippen LogP contribution in [0.1, 0.15) is 72.6 Å². The number of benzene rings is 2. The van der Waals surface area contributed by atoms with Crippen LogP contribution in [0.5, 0.6) is 0 Å². The molecular formula is C35H47BrO4Si. The average Bonchev–Trinajstić information content (AvgIpc) is 3.39. The van der Waals surface area contributed by atoms with Crippen LogP contribution in [0.2, 0.25) is 5.04 Å². The lowest BCUT2D eigenvalue weighted by Gasteiger charge is -2.45. The molecule has 2 aliphatic heterocycles. The van der Waals surface area contributed by atoms with Crippen LogP contribution in [-0.4, -0.2) is 51.0 Å². The van der Waals surface area contributed by atoms with Gasteiger partial charge in [0.05, 0.1) is 18.3 Å². The summed E-state index contributed by atoms with van der Waals surface area (Å²) in [6, 6.07) is 21.7. The first kappa shape index (κ1) is 32.2. The third-order valence-corrected chi connectivity index (χ3v) is 14.1. The molecule has 2 aliphatic rings. The SMILES string of the molecule is CC/C=C/C[C@@H](Br)[C@H]1C[C@@H](O[Si](c2ccccc2)(c2ccccc2)C(C)(C)C)[C@@H](CC#CCOC2CCCCO2)O1. The van der Waals surface area contributed by atoms with Crippen molar-refractivity contribution in [3.63, 3.8) is 0 Å². The van der Waals surface area contributed by atoms with Gasteiger partial charge in [0.15, 0.2) is 6.29 Å². The number of allylic oxidation sites excluding steroid dienone is 2. The van der Waals surface area contributed by atoms with Crippen LogP contribution in [0, 0.1) is 11.8 Å². The van der Waals surface area contributed by atoms with Crippen LogP contribution >= 0.6 is 15.9 Å². The van der Waals surface area contributed by atoms with E-state index in [1.165, 1.54) is 10.4 Å². The van der Waals surface area contributed by atoms with Crippen LogP contribution < -0.4 is 10.4 Å². The van der Waals surface area contributed by atoms with E-state index < -0.39 is 8.32 Å². The Hall–Kier alpha value is -1.72. The van der Waals surface area contributed by atoms with Gasteiger partial charge in [0.2, 0.25) is 0 Å². The number of rotatable bonds is 11. The van der Waals surface area contributed by atoms with Gasteiger partial charge in [-0.3, -0.25) is 0 Å². The first-order valence-electron chi connectivity index (χ1n) is 15.3. The lowest BCUT2D eigenvalue weighted by molar-refractivity contribution is -0.154. The summed E-state index contributed by atoms with van der Waals surface area (Å²) in [6.45, 7) is 10.3. The van der Waals surface area contributed by atoms with Crippen molar-refractivity contribution in [2.45, 2.75) is 107 Å². The van der Waals surface area contributed by atoms with E-state index in [4.69, 9.17) is 18.6 Å². The second-order valence-electron chi connectivity index (χ2n) is 12.1. The van der Waals surface area contributed by atoms with Crippen molar-refractivity contribution in [2.24, 2.45) is 0 Å². The van der Waals surface area contributed by atoms with Gasteiger partial charge in [-0.05, 0) is 47.5 Å². The summed E-state index contributed by atoms with van der Waals surface area (Å²) in [5, 5.41) is 2.47. The van der Waals surface area contributed by atoms with Gasteiger partial charge in [-0.1, -0.05) is 128 Å². The largest absolute Gasteiger partial charge is 0.402 e. The average molecular weight is 640 g/mol. The normalized spacial score (nSPS) is 24.2. The van der Waals surface area contributed by atoms with Crippen LogP contribution in [0.4, 0.5) is 0 Å². The van der Waals surface area contributed by atoms with Crippen molar-refractivity contribution in [1.82, 2.24) is 0 Å². The van der Waals surface area contributed by atoms with Crippen molar-refractivity contribution in [3.05, 3.63) is 72.8 Å². The standard InChI is InChI=1S/C35H47BrO4Si/c1-5-6-9-22-30(36)32-27-33(31(39-32)23-14-16-25-37-34-24-15-17-26-38-34)40-41(35(2,3)4,28-18-10-7-11-19-28)29-20-12-8-13-21-29/h6-13,18-21,30-34H,5,15,17,22-27H2,1-4H3/b9-6+/t30-,31-,32-,33-,34?/m1/s1. The maximum absolute atomic E-state index is 7.56. The molecule has 41 heavy (non-hydrogen) atoms. The molecule has 0 spiro atoms. The Morgan fingerprint density at radius 1 is 1.00 bits per heavy atom. The summed E-state index contributed by atoms with van der Waals surface area (Å²) < 4.78 is 25.8. The molecule has 1 unspecified atom stereocenters. The molecular weight excluding hydrogens is 592 g/mol. The second-order valence-corrected chi connectivity index (χ2v) is 17.5. The van der Waals surface area contributed by atoms with Crippen LogP contribution in [0.15, 0.2) is 72.8 Å². The predicted molar refractivity (Wildman–Crippen MR) is 174 cm³/mol. The highest BCUT2D eigenvalue weighted by molar-refractivity contribution is 9.09. The number of hydrogen-bond donors (Lipinski definition) is 0. The fourth-order valence-corrected chi connectivity index (χ4v) is 11.2. The molecule has 5 atom stereocenters. The fraction of sp³-hybridized carbons (Fsp3) is 0.543. The second kappa shape index (κ2) is 15.7. The number of hydrogen-bond acceptors (Lipinski definition) is 4. The highest BCUT2D eigenvalue weighted by Gasteiger charge is 2.53. The Bertz CT molecular complexity index is 1090. The number of halogens is 1. The molecule has 0 N–H and O–H groups in total. The van der Waals surface area contributed by atoms with E-state index in [9.17, 15) is 0 Å². The van der Waals surface area contributed by atoms with E-state index in [0.29, 0.717) is 13.0 Å². The molecule has 2 fully saturated rings. The molecule has 2 heterocycles. The summed E-state index contributed by atoms with van der Waals surface area (Å²) in [7, 11) is -2.73. The van der Waals surface area contributed by atoms with Crippen molar-refractivity contribution in [1.29, 1.82) is 0 Å². The van der Waals surface area contributed by atoms with E-state index in [1.807, 2.05) is 0 Å². The van der Waals surface area contributed by atoms with Gasteiger partial charge in [0, 0.05) is 24.3 Å². The lowest BCUT2D eigenvalue weighted by atomic mass is 10.1. The molecule has 0 bridgehead atoms. The highest BCUT2D eigenvalue weighted by atomic mass is 79.9. The van der Waals surface area contributed by atoms with Crippen molar-refractivity contribution in [2.75, 3.05) is 13.2 Å². The van der Waals surface area contributed by atoms with E-state index in [2.05, 4.69) is 128 Å². The smallest absolute Gasteiger partial charge is 0.261 e. The minimum Gasteiger partial charge on any atom is -0.402 e. The molecule has 0 radical (unpaired) electrons. The Morgan fingerprint density at radius 3 is 2.27 bits per heavy atom. The number of alkyl halides is 1. The molecule has 2 aromatic rings. The first-order chi connectivity index (χ1) is 19.8. The third kappa shape index (κ3) is 8.44. The van der Waals surface area contributed by atoms with Crippen LogP contribution in [0.3, 0.4) is 0 Å². The zero-order chi connectivity index (χ0) is 29.1. The maximum atomic E-state index is 7.56. The van der Waals surface area contributed by atoms with Gasteiger partial charge in [0.25, 0.3) is 8.32 Å². The van der Waals surface area contributed by atoms with Gasteiger partial charge in [-0.25, -0.2) is 0 Å². The molecule has 0 saturated carbocycles. The molecule has 0 aliphatic carbocycles. The molecule has 4 rings (SSSR count). The molecule has 2 saturated heterocycles. The first-order valence-corrected chi connectivity index (χ1v) is 18.1. The monoisotopic (exact) mass is 638 g/mol. The Kier molecular flexibility index (Phi) is 12.3. The molecule has 222 valence electrons. The molecule has 6 heteroatoms. The molecule has 2 aromatic carbocycles. The van der Waals surface area contributed by atoms with Crippen LogP contribution in [0.25, 0.3) is 0 Å². The molecule has 4 nitrogen and oxygen atoms in total. The van der Waals surface area contributed by atoms with Gasteiger partial charge in [-0.15, -0.1) is 0 Å². The van der Waals surface area contributed by atoms with Gasteiger partial charge in [0.1, 0.15) is 6.61 Å². The van der Waals surface area contributed by atoms with Crippen molar-refractivity contribution >= 4 is 34.6 Å². The summed E-state index contributed by atoms with van der Waals surface area (Å²) in [6.07, 6.45) is 10.8. The lowest BCUT2D eigenvalue weighted by Crippen LogP contribution is -2.68. The third-order valence-electron chi connectivity index (χ3n) is 8.05. The zero-order valence-electron chi connectivity index (χ0n) is 25.2. The zero-order valence-corrected chi connectivity index (χ0v) is 27.8. The summed E-state index contributed by atoms with van der Waals surface area (Å²) in [5.74, 6) is 6.59. The van der Waals surface area contributed by atoms with Gasteiger partial charge < -0.3 is 18.6 Å². The van der Waals surface area contributed by atoms with E-state index >= 15 is 0 Å². The number of ether oxygens (including phenoxy) is 3. The summed E-state index contributed by atoms with van der Waals surface area (Å²) in [5.41, 5.74) is 0. The molecule has 0 aromatic heterocycles. The Morgan fingerprint density at radius 2 is 1.68 bits per heavy atom. The molecule has 0 amide bonds. The minimum atomic E-state index is -2.73. The fourth-order valence-electron chi connectivity index (χ4n) is 5.95. The predicted octanol–water partition coefficient (Wildman–Crippen LogP) is 7.15. The summed E-state index contributed by atoms with van der Waals surface area (Å²) in [4.78, 5) is 0.222. The Balaban J connectivity index is 1.60. The Labute approximate surface area is 257 Å². The summed E-state index contributed by atoms with van der Waals surface area (Å²) >= 11 is 3.95. The van der Waals surface area contributed by atoms with Gasteiger partial charge in [-0.2, -0.15) is 0 Å². The van der Waals surface area contributed by atoms with Crippen molar-refractivity contribution in [3.8, 4) is 11.8 Å². The highest BCUT2D eigenvalue weighted by Crippen LogP contribution is 2.41.